The molecule has 0 saturated carbocycles. The number of fused-ring (bicyclic) bond motifs is 1. The van der Waals surface area contributed by atoms with E-state index in [-0.39, 0.29) is 34.8 Å². The van der Waals surface area contributed by atoms with Crippen LogP contribution in [0.4, 0.5) is 5.82 Å². The molecule has 10 heteroatoms. The standard InChI is InChI=1S/C31H32ClN5O3S/c1-31(2,3)29-27-28(21-9-5-8-12-24(21)40-4)41-19-26(39)36(18-25(38)34-17-20-13-15-33-16-14-20)30(27)37(35-29)23-11-7-6-10-22(23)32/h5-16,28H,17-19H2,1-4H3,(H,34,38). The molecule has 4 aromatic rings. The first kappa shape index (κ1) is 28.7. The minimum absolute atomic E-state index is 0.168. The number of thioether (sulfide) groups is 1. The molecular weight excluding hydrogens is 558 g/mol. The molecule has 0 fully saturated rings. The number of rotatable bonds is 7. The maximum absolute atomic E-state index is 13.9. The van der Waals surface area contributed by atoms with Crippen LogP contribution in [-0.4, -0.2) is 46.0 Å². The normalized spacial score (nSPS) is 15.3. The summed E-state index contributed by atoms with van der Waals surface area (Å²) in [6.07, 6.45) is 3.36. The summed E-state index contributed by atoms with van der Waals surface area (Å²) in [6, 6.07) is 18.9. The smallest absolute Gasteiger partial charge is 0.240 e. The minimum Gasteiger partial charge on any atom is -0.496 e. The number of para-hydroxylation sites is 2. The molecule has 0 saturated heterocycles. The summed E-state index contributed by atoms with van der Waals surface area (Å²) in [5.41, 5.74) is 3.76. The number of amides is 2. The van der Waals surface area contributed by atoms with Crippen molar-refractivity contribution in [2.24, 2.45) is 0 Å². The number of carbonyl (C=O) groups excluding carboxylic acids is 2. The maximum Gasteiger partial charge on any atom is 0.240 e. The van der Waals surface area contributed by atoms with Crippen LogP contribution in [-0.2, 0) is 21.5 Å². The lowest BCUT2D eigenvalue weighted by Gasteiger charge is -2.25. The number of pyridine rings is 1. The van der Waals surface area contributed by atoms with Crippen LogP contribution in [0.1, 0.15) is 48.4 Å². The van der Waals surface area contributed by atoms with E-state index in [1.165, 1.54) is 11.8 Å². The summed E-state index contributed by atoms with van der Waals surface area (Å²) in [5.74, 6) is 0.943. The molecular formula is C31H32ClN5O3S. The molecule has 1 aliphatic rings. The van der Waals surface area contributed by atoms with Crippen LogP contribution < -0.4 is 15.0 Å². The molecule has 0 bridgehead atoms. The Labute approximate surface area is 249 Å². The fourth-order valence-corrected chi connectivity index (χ4v) is 6.33. The lowest BCUT2D eigenvalue weighted by molar-refractivity contribution is -0.123. The van der Waals surface area contributed by atoms with E-state index in [9.17, 15) is 9.59 Å². The van der Waals surface area contributed by atoms with Crippen LogP contribution in [0.25, 0.3) is 5.69 Å². The minimum atomic E-state index is -0.389. The van der Waals surface area contributed by atoms with Gasteiger partial charge in [-0.2, -0.15) is 5.10 Å². The molecule has 1 atom stereocenters. The van der Waals surface area contributed by atoms with Gasteiger partial charge in [-0.15, -0.1) is 11.8 Å². The van der Waals surface area contributed by atoms with Gasteiger partial charge in [0, 0.05) is 35.5 Å². The van der Waals surface area contributed by atoms with Gasteiger partial charge in [0.05, 0.1) is 34.5 Å². The average molecular weight is 590 g/mol. The zero-order valence-electron chi connectivity index (χ0n) is 23.4. The average Bonchev–Trinajstić information content (AvgIpc) is 3.30. The van der Waals surface area contributed by atoms with Gasteiger partial charge in [0.25, 0.3) is 0 Å². The highest BCUT2D eigenvalue weighted by molar-refractivity contribution is 8.00. The zero-order valence-corrected chi connectivity index (χ0v) is 25.0. The van der Waals surface area contributed by atoms with Crippen molar-refractivity contribution in [1.82, 2.24) is 20.1 Å². The second-order valence-corrected chi connectivity index (χ2v) is 12.2. The number of methoxy groups -OCH3 is 1. The van der Waals surface area contributed by atoms with Crippen molar-refractivity contribution < 1.29 is 14.3 Å². The molecule has 8 nitrogen and oxygen atoms in total. The van der Waals surface area contributed by atoms with Crippen molar-refractivity contribution in [2.45, 2.75) is 38.0 Å². The molecule has 1 unspecified atom stereocenters. The van der Waals surface area contributed by atoms with E-state index in [1.54, 1.807) is 35.2 Å². The highest BCUT2D eigenvalue weighted by Crippen LogP contribution is 2.50. The third-order valence-corrected chi connectivity index (χ3v) is 8.40. The van der Waals surface area contributed by atoms with E-state index in [2.05, 4.69) is 31.1 Å². The molecule has 212 valence electrons. The SMILES string of the molecule is COc1ccccc1C1SCC(=O)N(CC(=O)NCc2ccncc2)c2c1c(C(C)(C)C)nn2-c1ccccc1Cl. The van der Waals surface area contributed by atoms with E-state index >= 15 is 0 Å². The lowest BCUT2D eigenvalue weighted by Crippen LogP contribution is -2.42. The Hall–Kier alpha value is -3.82. The van der Waals surface area contributed by atoms with Gasteiger partial charge in [-0.1, -0.05) is 62.7 Å². The number of carbonyl (C=O) groups is 2. The van der Waals surface area contributed by atoms with Gasteiger partial charge in [0.15, 0.2) is 0 Å². The van der Waals surface area contributed by atoms with Crippen LogP contribution in [0.15, 0.2) is 73.1 Å². The monoisotopic (exact) mass is 589 g/mol. The van der Waals surface area contributed by atoms with E-state index in [0.717, 1.165) is 28.1 Å². The van der Waals surface area contributed by atoms with Crippen molar-refractivity contribution in [3.05, 3.63) is 100 Å². The Balaban J connectivity index is 1.69. The molecule has 0 radical (unpaired) electrons. The molecule has 2 aromatic heterocycles. The van der Waals surface area contributed by atoms with Gasteiger partial charge in [-0.3, -0.25) is 19.5 Å². The summed E-state index contributed by atoms with van der Waals surface area (Å²) >= 11 is 8.21. The Morgan fingerprint density at radius 3 is 2.51 bits per heavy atom. The molecule has 3 heterocycles. The zero-order chi connectivity index (χ0) is 29.1. The second-order valence-electron chi connectivity index (χ2n) is 10.7. The molecule has 2 aromatic carbocycles. The summed E-state index contributed by atoms with van der Waals surface area (Å²) in [6.45, 7) is 6.43. The summed E-state index contributed by atoms with van der Waals surface area (Å²) in [4.78, 5) is 32.7. The largest absolute Gasteiger partial charge is 0.496 e. The van der Waals surface area contributed by atoms with Gasteiger partial charge in [-0.05, 0) is 35.9 Å². The van der Waals surface area contributed by atoms with Crippen LogP contribution >= 0.6 is 23.4 Å². The molecule has 0 spiro atoms. The topological polar surface area (TPSA) is 89.3 Å². The van der Waals surface area contributed by atoms with E-state index < -0.39 is 0 Å². The molecule has 2 amide bonds. The molecule has 1 N–H and O–H groups in total. The van der Waals surface area contributed by atoms with Gasteiger partial charge in [0.1, 0.15) is 18.1 Å². The third-order valence-electron chi connectivity index (χ3n) is 6.84. The molecule has 1 aliphatic heterocycles. The van der Waals surface area contributed by atoms with Gasteiger partial charge in [0.2, 0.25) is 11.8 Å². The maximum atomic E-state index is 13.9. The molecule has 0 aliphatic carbocycles. The number of nitrogens with zero attached hydrogens (tertiary/aromatic N) is 4. The Morgan fingerprint density at radius 2 is 1.80 bits per heavy atom. The first-order valence-corrected chi connectivity index (χ1v) is 14.7. The third kappa shape index (κ3) is 5.96. The number of hydrogen-bond donors (Lipinski definition) is 1. The number of hydrogen-bond acceptors (Lipinski definition) is 6. The van der Waals surface area contributed by atoms with Crippen molar-refractivity contribution in [2.75, 3.05) is 24.3 Å². The highest BCUT2D eigenvalue weighted by Gasteiger charge is 2.40. The first-order chi connectivity index (χ1) is 19.7. The van der Waals surface area contributed by atoms with Crippen LogP contribution in [0, 0.1) is 0 Å². The number of aromatic nitrogens is 3. The van der Waals surface area contributed by atoms with Gasteiger partial charge in [-0.25, -0.2) is 4.68 Å². The fourth-order valence-electron chi connectivity index (χ4n) is 4.89. The van der Waals surface area contributed by atoms with E-state index in [0.29, 0.717) is 23.1 Å². The van der Waals surface area contributed by atoms with Crippen LogP contribution in [0.2, 0.25) is 5.02 Å². The van der Waals surface area contributed by atoms with E-state index in [1.807, 2.05) is 54.6 Å². The predicted molar refractivity (Wildman–Crippen MR) is 163 cm³/mol. The number of halogens is 1. The van der Waals surface area contributed by atoms with Crippen LogP contribution in [0.3, 0.4) is 0 Å². The number of ether oxygens (including phenoxy) is 1. The Kier molecular flexibility index (Phi) is 8.37. The van der Waals surface area contributed by atoms with Crippen molar-refractivity contribution in [3.63, 3.8) is 0 Å². The summed E-state index contributed by atoms with van der Waals surface area (Å²) in [7, 11) is 1.64. The summed E-state index contributed by atoms with van der Waals surface area (Å²) < 4.78 is 7.48. The fraction of sp³-hybridized carbons (Fsp3) is 0.290. The van der Waals surface area contributed by atoms with Gasteiger partial charge < -0.3 is 10.1 Å². The van der Waals surface area contributed by atoms with Crippen LogP contribution in [0.5, 0.6) is 5.75 Å². The van der Waals surface area contributed by atoms with Crippen molar-refractivity contribution >= 4 is 41.0 Å². The molecule has 5 rings (SSSR count). The Morgan fingerprint density at radius 1 is 1.10 bits per heavy atom. The number of nitrogens with one attached hydrogen (secondary N) is 1. The predicted octanol–water partition coefficient (Wildman–Crippen LogP) is 5.71. The second kappa shape index (κ2) is 12.0. The summed E-state index contributed by atoms with van der Waals surface area (Å²) in [5, 5.41) is 8.25. The number of benzene rings is 2. The lowest BCUT2D eigenvalue weighted by atomic mass is 9.87. The molecule has 41 heavy (non-hydrogen) atoms. The van der Waals surface area contributed by atoms with Crippen molar-refractivity contribution in [1.29, 1.82) is 0 Å². The van der Waals surface area contributed by atoms with Gasteiger partial charge >= 0.3 is 0 Å². The van der Waals surface area contributed by atoms with E-state index in [4.69, 9.17) is 21.4 Å². The van der Waals surface area contributed by atoms with Crippen molar-refractivity contribution in [3.8, 4) is 11.4 Å². The quantitative estimate of drug-likeness (QED) is 0.297. The highest BCUT2D eigenvalue weighted by atomic mass is 35.5. The first-order valence-electron chi connectivity index (χ1n) is 13.3. The Bertz CT molecular complexity index is 1570. The number of anilines is 1.